The summed E-state index contributed by atoms with van der Waals surface area (Å²) in [6, 6.07) is 15.8. The summed E-state index contributed by atoms with van der Waals surface area (Å²) in [4.78, 5) is 19.3. The van der Waals surface area contributed by atoms with Crippen LogP contribution in [0.5, 0.6) is 11.5 Å². The number of pyridine rings is 1. The summed E-state index contributed by atoms with van der Waals surface area (Å²) in [5, 5.41) is 13.9. The van der Waals surface area contributed by atoms with E-state index >= 15 is 0 Å². The zero-order valence-electron chi connectivity index (χ0n) is 18.1. The summed E-state index contributed by atoms with van der Waals surface area (Å²) in [6.07, 6.45) is 3.03. The third-order valence-electron chi connectivity index (χ3n) is 6.28. The number of nitrogens with zero attached hydrogens (tertiary/aromatic N) is 2. The lowest BCUT2D eigenvalue weighted by Crippen LogP contribution is -2.63. The van der Waals surface area contributed by atoms with E-state index in [9.17, 15) is 4.79 Å². The number of amides is 1. The van der Waals surface area contributed by atoms with Crippen molar-refractivity contribution in [2.45, 2.75) is 25.6 Å². The van der Waals surface area contributed by atoms with Gasteiger partial charge in [0.1, 0.15) is 11.5 Å². The Hall–Kier alpha value is -3.71. The largest absolute Gasteiger partial charge is 0.457 e. The van der Waals surface area contributed by atoms with Crippen LogP contribution < -0.4 is 15.4 Å². The van der Waals surface area contributed by atoms with Crippen LogP contribution in [0.15, 0.2) is 54.7 Å². The molecule has 5 rings (SSSR count). The van der Waals surface area contributed by atoms with Crippen molar-refractivity contribution in [3.05, 3.63) is 71.4 Å². The first-order chi connectivity index (χ1) is 15.6. The van der Waals surface area contributed by atoms with Crippen molar-refractivity contribution < 1.29 is 9.53 Å². The predicted octanol–water partition coefficient (Wildman–Crippen LogP) is 3.90. The van der Waals surface area contributed by atoms with Crippen LogP contribution in [-0.2, 0) is 6.54 Å². The number of ether oxygens (including phenoxy) is 1. The summed E-state index contributed by atoms with van der Waals surface area (Å²) in [6.45, 7) is 3.61. The molecule has 3 heterocycles. The molecule has 7 heteroatoms. The predicted molar refractivity (Wildman–Crippen MR) is 125 cm³/mol. The van der Waals surface area contributed by atoms with Gasteiger partial charge in [-0.1, -0.05) is 6.07 Å². The number of nitrogens with one attached hydrogen (secondary N) is 3. The average Bonchev–Trinajstić information content (AvgIpc) is 3.13. The number of aromatic nitrogens is 1. The molecule has 2 aliphatic heterocycles. The zero-order chi connectivity index (χ0) is 22.2. The Morgan fingerprint density at radius 1 is 1.19 bits per heavy atom. The van der Waals surface area contributed by atoms with Crippen LogP contribution >= 0.6 is 0 Å². The monoisotopic (exact) mass is 427 g/mol. The number of benzene rings is 2. The standard InChI is InChI=1S/C25H25N5O2/c1-15-24(13-29-15)30-14-18-9-16(4-6-21(18)25(30)31)23-11-20(7-8-28-23)32-19-5-3-17(12-26)22(10-19)27-2/h3-12,15,24,26-27,29H,13-14H2,1-2H3/t15-,24-/m0/s1. The molecule has 3 N–H and O–H groups in total. The number of carbonyl (C=O) groups is 1. The van der Waals surface area contributed by atoms with Gasteiger partial charge in [-0.2, -0.15) is 0 Å². The molecule has 3 aromatic rings. The number of carbonyl (C=O) groups excluding carboxylic acids is 1. The molecule has 2 aliphatic rings. The molecule has 1 amide bonds. The Morgan fingerprint density at radius 3 is 2.75 bits per heavy atom. The Bertz CT molecular complexity index is 1210. The van der Waals surface area contributed by atoms with Crippen LogP contribution in [0.2, 0.25) is 0 Å². The van der Waals surface area contributed by atoms with Crippen molar-refractivity contribution in [2.24, 2.45) is 0 Å². The quantitative estimate of drug-likeness (QED) is 0.519. The smallest absolute Gasteiger partial charge is 0.254 e. The van der Waals surface area contributed by atoms with Gasteiger partial charge in [-0.15, -0.1) is 0 Å². The molecule has 0 unspecified atom stereocenters. The summed E-state index contributed by atoms with van der Waals surface area (Å²) in [5.41, 5.74) is 5.20. The third kappa shape index (κ3) is 3.50. The van der Waals surface area contributed by atoms with Crippen molar-refractivity contribution in [1.82, 2.24) is 15.2 Å². The minimum Gasteiger partial charge on any atom is -0.457 e. The van der Waals surface area contributed by atoms with E-state index in [0.717, 1.165) is 40.2 Å². The average molecular weight is 428 g/mol. The van der Waals surface area contributed by atoms with Crippen LogP contribution in [0.1, 0.15) is 28.4 Å². The number of hydrogen-bond donors (Lipinski definition) is 3. The lowest BCUT2D eigenvalue weighted by atomic mass is 10.0. The molecule has 1 fully saturated rings. The summed E-state index contributed by atoms with van der Waals surface area (Å²) in [5.74, 6) is 1.46. The second-order valence-electron chi connectivity index (χ2n) is 8.19. The Balaban J connectivity index is 1.38. The fraction of sp³-hybridized carbons (Fsp3) is 0.240. The molecule has 1 aromatic heterocycles. The molecule has 0 spiro atoms. The highest BCUT2D eigenvalue weighted by Crippen LogP contribution is 2.33. The summed E-state index contributed by atoms with van der Waals surface area (Å²) < 4.78 is 6.05. The van der Waals surface area contributed by atoms with Crippen LogP contribution in [0, 0.1) is 5.41 Å². The van der Waals surface area contributed by atoms with Crippen molar-refractivity contribution >= 4 is 17.8 Å². The van der Waals surface area contributed by atoms with Gasteiger partial charge in [0.2, 0.25) is 0 Å². The third-order valence-corrected chi connectivity index (χ3v) is 6.28. The van der Waals surface area contributed by atoms with E-state index < -0.39 is 0 Å². The van der Waals surface area contributed by atoms with E-state index in [1.165, 1.54) is 6.21 Å². The molecule has 1 saturated heterocycles. The summed E-state index contributed by atoms with van der Waals surface area (Å²) in [7, 11) is 1.82. The molecule has 0 bridgehead atoms. The summed E-state index contributed by atoms with van der Waals surface area (Å²) >= 11 is 0. The van der Waals surface area contributed by atoms with E-state index in [1.807, 2.05) is 54.4 Å². The van der Waals surface area contributed by atoms with Gasteiger partial charge in [-0.3, -0.25) is 9.78 Å². The highest BCUT2D eigenvalue weighted by molar-refractivity contribution is 5.99. The maximum Gasteiger partial charge on any atom is 0.254 e. The van der Waals surface area contributed by atoms with Gasteiger partial charge in [-0.25, -0.2) is 0 Å². The lowest BCUT2D eigenvalue weighted by Gasteiger charge is -2.41. The second-order valence-corrected chi connectivity index (χ2v) is 8.19. The molecule has 2 aromatic carbocycles. The molecule has 0 saturated carbocycles. The minimum absolute atomic E-state index is 0.114. The minimum atomic E-state index is 0.114. The van der Waals surface area contributed by atoms with E-state index in [2.05, 4.69) is 28.6 Å². The number of rotatable bonds is 6. The topological polar surface area (TPSA) is 90.3 Å². The Labute approximate surface area is 186 Å². The highest BCUT2D eigenvalue weighted by atomic mass is 16.5. The first kappa shape index (κ1) is 20.2. The Kier molecular flexibility index (Phi) is 5.11. The molecule has 7 nitrogen and oxygen atoms in total. The molecular formula is C25H25N5O2. The lowest BCUT2D eigenvalue weighted by molar-refractivity contribution is 0.0558. The highest BCUT2D eigenvalue weighted by Gasteiger charge is 2.39. The van der Waals surface area contributed by atoms with Crippen molar-refractivity contribution in [2.75, 3.05) is 18.9 Å². The SMILES string of the molecule is CNc1cc(Oc2ccnc(-c3ccc4c(c3)CN([C@H]3CN[C@H]3C)C4=O)c2)ccc1C=N. The van der Waals surface area contributed by atoms with Gasteiger partial charge < -0.3 is 25.7 Å². The molecule has 162 valence electrons. The first-order valence-corrected chi connectivity index (χ1v) is 10.7. The fourth-order valence-electron chi connectivity index (χ4n) is 4.32. The zero-order valence-corrected chi connectivity index (χ0v) is 18.1. The van der Waals surface area contributed by atoms with Gasteiger partial charge in [0, 0.05) is 73.1 Å². The van der Waals surface area contributed by atoms with Crippen LogP contribution in [-0.4, -0.2) is 47.7 Å². The van der Waals surface area contributed by atoms with E-state index in [-0.39, 0.29) is 11.9 Å². The van der Waals surface area contributed by atoms with Crippen LogP contribution in [0.3, 0.4) is 0 Å². The first-order valence-electron chi connectivity index (χ1n) is 10.7. The number of hydrogen-bond acceptors (Lipinski definition) is 6. The van der Waals surface area contributed by atoms with Crippen molar-refractivity contribution in [3.8, 4) is 22.8 Å². The van der Waals surface area contributed by atoms with Crippen molar-refractivity contribution in [1.29, 1.82) is 5.41 Å². The van der Waals surface area contributed by atoms with E-state index in [1.54, 1.807) is 6.20 Å². The molecule has 32 heavy (non-hydrogen) atoms. The van der Waals surface area contributed by atoms with Gasteiger partial charge in [0.15, 0.2) is 0 Å². The van der Waals surface area contributed by atoms with Gasteiger partial charge in [0.05, 0.1) is 11.7 Å². The second kappa shape index (κ2) is 8.09. The Morgan fingerprint density at radius 2 is 2.03 bits per heavy atom. The van der Waals surface area contributed by atoms with Crippen LogP contribution in [0.4, 0.5) is 5.69 Å². The number of fused-ring (bicyclic) bond motifs is 1. The number of anilines is 1. The van der Waals surface area contributed by atoms with E-state index in [4.69, 9.17) is 10.1 Å². The maximum atomic E-state index is 12.8. The maximum absolute atomic E-state index is 12.8. The molecule has 0 aliphatic carbocycles. The fourth-order valence-corrected chi connectivity index (χ4v) is 4.32. The molecular weight excluding hydrogens is 402 g/mol. The normalized spacial score (nSPS) is 19.3. The van der Waals surface area contributed by atoms with E-state index in [0.29, 0.717) is 24.1 Å². The van der Waals surface area contributed by atoms with Crippen molar-refractivity contribution in [3.63, 3.8) is 0 Å². The van der Waals surface area contributed by atoms with Gasteiger partial charge in [-0.05, 0) is 42.8 Å². The van der Waals surface area contributed by atoms with Gasteiger partial charge >= 0.3 is 0 Å². The van der Waals surface area contributed by atoms with Gasteiger partial charge in [0.25, 0.3) is 5.91 Å². The van der Waals surface area contributed by atoms with Crippen LogP contribution in [0.25, 0.3) is 11.3 Å². The molecule has 2 atom stereocenters. The molecule has 0 radical (unpaired) electrons.